The number of carbonyl (C=O) groups excluding carboxylic acids is 1. The number of amides is 1. The van der Waals surface area contributed by atoms with E-state index in [0.717, 1.165) is 0 Å². The van der Waals surface area contributed by atoms with Crippen LogP contribution in [-0.4, -0.2) is 37.3 Å². The summed E-state index contributed by atoms with van der Waals surface area (Å²) in [6.45, 7) is 2.54. The Balaban J connectivity index is 2.02. The first-order valence-corrected chi connectivity index (χ1v) is 7.87. The van der Waals surface area contributed by atoms with E-state index in [1.54, 1.807) is 62.6 Å². The highest BCUT2D eigenvalue weighted by molar-refractivity contribution is 6.04. The molecular weight excluding hydrogens is 322 g/mol. The van der Waals surface area contributed by atoms with E-state index in [9.17, 15) is 9.59 Å². The van der Waals surface area contributed by atoms with Gasteiger partial charge >= 0.3 is 5.97 Å². The lowest BCUT2D eigenvalue weighted by Gasteiger charge is -2.10. The van der Waals surface area contributed by atoms with Gasteiger partial charge in [-0.25, -0.2) is 0 Å². The van der Waals surface area contributed by atoms with E-state index in [1.807, 2.05) is 0 Å². The summed E-state index contributed by atoms with van der Waals surface area (Å²) in [5, 5.41) is 11.9. The van der Waals surface area contributed by atoms with Crippen LogP contribution in [0.1, 0.15) is 28.8 Å². The molecule has 1 amide bonds. The molecule has 0 radical (unpaired) electrons. The number of carboxylic acid groups (broad SMARTS) is 1. The Hall–Kier alpha value is -2.86. The van der Waals surface area contributed by atoms with Crippen LogP contribution in [0.5, 0.6) is 5.75 Å². The third-order valence-electron chi connectivity index (χ3n) is 3.69. The zero-order valence-electron chi connectivity index (χ0n) is 14.2. The van der Waals surface area contributed by atoms with E-state index in [0.29, 0.717) is 35.8 Å². The molecule has 0 fully saturated rings. The number of anilines is 1. The molecule has 0 aliphatic heterocycles. The van der Waals surface area contributed by atoms with Crippen molar-refractivity contribution < 1.29 is 24.2 Å². The molecule has 6 heteroatoms. The van der Waals surface area contributed by atoms with Crippen molar-refractivity contribution in [2.45, 2.75) is 12.8 Å². The first kappa shape index (κ1) is 18.5. The van der Waals surface area contributed by atoms with Crippen LogP contribution in [0.4, 0.5) is 5.69 Å². The highest BCUT2D eigenvalue weighted by Crippen LogP contribution is 2.20. The Bertz CT molecular complexity index is 727. The topological polar surface area (TPSA) is 84.9 Å². The summed E-state index contributed by atoms with van der Waals surface area (Å²) in [6, 6.07) is 13.6. The quantitative estimate of drug-likeness (QED) is 0.719. The number of methoxy groups -OCH3 is 1. The number of carbonyl (C=O) groups is 2. The van der Waals surface area contributed by atoms with Crippen molar-refractivity contribution >= 4 is 17.6 Å². The molecule has 0 heterocycles. The summed E-state index contributed by atoms with van der Waals surface area (Å²) in [7, 11) is 1.60. The fourth-order valence-corrected chi connectivity index (χ4v) is 2.18. The standard InChI is InChI=1S/C19H21NO5/c1-13(19(22)23)15-4-3-5-16(12-15)20-18(21)14-6-8-17(9-7-14)25-11-10-24-2/h3-9,12-13H,10-11H2,1-2H3,(H,20,21)(H,22,23). The van der Waals surface area contributed by atoms with Crippen molar-refractivity contribution in [2.24, 2.45) is 0 Å². The summed E-state index contributed by atoms with van der Waals surface area (Å²) in [4.78, 5) is 23.4. The van der Waals surface area contributed by atoms with E-state index in [-0.39, 0.29) is 5.91 Å². The van der Waals surface area contributed by atoms with Gasteiger partial charge in [-0.1, -0.05) is 12.1 Å². The molecule has 2 N–H and O–H groups in total. The van der Waals surface area contributed by atoms with Crippen LogP contribution < -0.4 is 10.1 Å². The number of nitrogens with one attached hydrogen (secondary N) is 1. The molecule has 0 spiro atoms. The molecule has 25 heavy (non-hydrogen) atoms. The highest BCUT2D eigenvalue weighted by Gasteiger charge is 2.14. The van der Waals surface area contributed by atoms with Crippen LogP contribution in [-0.2, 0) is 9.53 Å². The van der Waals surface area contributed by atoms with Gasteiger partial charge in [0.15, 0.2) is 0 Å². The number of rotatable bonds is 8. The first-order chi connectivity index (χ1) is 12.0. The van der Waals surface area contributed by atoms with Gasteiger partial charge in [-0.15, -0.1) is 0 Å². The Morgan fingerprint density at radius 2 is 1.84 bits per heavy atom. The van der Waals surface area contributed by atoms with Gasteiger partial charge < -0.3 is 19.9 Å². The van der Waals surface area contributed by atoms with E-state index in [2.05, 4.69) is 5.32 Å². The molecule has 0 saturated carbocycles. The molecule has 132 valence electrons. The van der Waals surface area contributed by atoms with E-state index < -0.39 is 11.9 Å². The summed E-state index contributed by atoms with van der Waals surface area (Å²) in [6.07, 6.45) is 0. The second kappa shape index (κ2) is 8.84. The van der Waals surface area contributed by atoms with Crippen LogP contribution >= 0.6 is 0 Å². The second-order valence-electron chi connectivity index (χ2n) is 5.51. The molecule has 2 aromatic rings. The van der Waals surface area contributed by atoms with Crippen LogP contribution in [0.2, 0.25) is 0 Å². The maximum atomic E-state index is 12.3. The van der Waals surface area contributed by atoms with Gasteiger partial charge in [0, 0.05) is 18.4 Å². The van der Waals surface area contributed by atoms with Gasteiger partial charge in [-0.05, 0) is 48.9 Å². The van der Waals surface area contributed by atoms with Gasteiger partial charge in [-0.2, -0.15) is 0 Å². The van der Waals surface area contributed by atoms with Gasteiger partial charge in [0.2, 0.25) is 0 Å². The predicted octanol–water partition coefficient (Wildman–Crippen LogP) is 3.15. The number of hydrogen-bond acceptors (Lipinski definition) is 4. The average molecular weight is 343 g/mol. The highest BCUT2D eigenvalue weighted by atomic mass is 16.5. The zero-order chi connectivity index (χ0) is 18.2. The molecular formula is C19H21NO5. The minimum absolute atomic E-state index is 0.274. The molecule has 2 aromatic carbocycles. The Labute approximate surface area is 146 Å². The van der Waals surface area contributed by atoms with Crippen LogP contribution in [0.15, 0.2) is 48.5 Å². The molecule has 0 bridgehead atoms. The second-order valence-corrected chi connectivity index (χ2v) is 5.51. The first-order valence-electron chi connectivity index (χ1n) is 7.87. The molecule has 0 aliphatic carbocycles. The number of carboxylic acids is 1. The van der Waals surface area contributed by atoms with Crippen molar-refractivity contribution in [3.63, 3.8) is 0 Å². The van der Waals surface area contributed by atoms with Crippen molar-refractivity contribution in [3.05, 3.63) is 59.7 Å². The SMILES string of the molecule is COCCOc1ccc(C(=O)Nc2cccc(C(C)C(=O)O)c2)cc1. The average Bonchev–Trinajstić information content (AvgIpc) is 2.62. The predicted molar refractivity (Wildman–Crippen MR) is 94.3 cm³/mol. The van der Waals surface area contributed by atoms with Gasteiger partial charge in [-0.3, -0.25) is 9.59 Å². The number of hydrogen-bond donors (Lipinski definition) is 2. The van der Waals surface area contributed by atoms with Crippen molar-refractivity contribution in [1.29, 1.82) is 0 Å². The molecule has 2 rings (SSSR count). The lowest BCUT2D eigenvalue weighted by molar-refractivity contribution is -0.138. The smallest absolute Gasteiger partial charge is 0.310 e. The Morgan fingerprint density at radius 3 is 2.48 bits per heavy atom. The fourth-order valence-electron chi connectivity index (χ4n) is 2.18. The number of benzene rings is 2. The van der Waals surface area contributed by atoms with Crippen molar-refractivity contribution in [1.82, 2.24) is 0 Å². The van der Waals surface area contributed by atoms with Gasteiger partial charge in [0.25, 0.3) is 5.91 Å². The third kappa shape index (κ3) is 5.32. The number of ether oxygens (including phenoxy) is 2. The fraction of sp³-hybridized carbons (Fsp3) is 0.263. The lowest BCUT2D eigenvalue weighted by Crippen LogP contribution is -2.13. The van der Waals surface area contributed by atoms with Crippen molar-refractivity contribution in [2.75, 3.05) is 25.6 Å². The third-order valence-corrected chi connectivity index (χ3v) is 3.69. The molecule has 1 unspecified atom stereocenters. The van der Waals surface area contributed by atoms with Crippen LogP contribution in [0.3, 0.4) is 0 Å². The van der Waals surface area contributed by atoms with Gasteiger partial charge in [0.1, 0.15) is 12.4 Å². The zero-order valence-corrected chi connectivity index (χ0v) is 14.2. The summed E-state index contributed by atoms with van der Waals surface area (Å²) >= 11 is 0. The lowest BCUT2D eigenvalue weighted by atomic mass is 10.0. The Kier molecular flexibility index (Phi) is 6.54. The summed E-state index contributed by atoms with van der Waals surface area (Å²) < 4.78 is 10.4. The molecule has 0 aliphatic rings. The normalized spacial score (nSPS) is 11.6. The maximum absolute atomic E-state index is 12.3. The van der Waals surface area contributed by atoms with E-state index in [1.165, 1.54) is 0 Å². The summed E-state index contributed by atoms with van der Waals surface area (Å²) in [5.41, 5.74) is 1.67. The van der Waals surface area contributed by atoms with Crippen molar-refractivity contribution in [3.8, 4) is 5.75 Å². The van der Waals surface area contributed by atoms with Crippen LogP contribution in [0.25, 0.3) is 0 Å². The monoisotopic (exact) mass is 343 g/mol. The molecule has 1 atom stereocenters. The molecule has 0 aromatic heterocycles. The Morgan fingerprint density at radius 1 is 1.12 bits per heavy atom. The maximum Gasteiger partial charge on any atom is 0.310 e. The van der Waals surface area contributed by atoms with Crippen LogP contribution in [0, 0.1) is 0 Å². The number of aliphatic carboxylic acids is 1. The minimum Gasteiger partial charge on any atom is -0.491 e. The molecule has 6 nitrogen and oxygen atoms in total. The van der Waals surface area contributed by atoms with E-state index in [4.69, 9.17) is 14.6 Å². The van der Waals surface area contributed by atoms with E-state index >= 15 is 0 Å². The van der Waals surface area contributed by atoms with Gasteiger partial charge in [0.05, 0.1) is 12.5 Å². The molecule has 0 saturated heterocycles. The summed E-state index contributed by atoms with van der Waals surface area (Å²) in [5.74, 6) is -1.16. The largest absolute Gasteiger partial charge is 0.491 e. The minimum atomic E-state index is -0.910.